The van der Waals surface area contributed by atoms with Gasteiger partial charge in [-0.15, -0.1) is 0 Å². The molecule has 0 N–H and O–H groups in total. The van der Waals surface area contributed by atoms with E-state index in [-0.39, 0.29) is 0 Å². The van der Waals surface area contributed by atoms with E-state index in [4.69, 9.17) is 10.00 Å². The zero-order chi connectivity index (χ0) is 17.6. The average Bonchev–Trinajstić information content (AvgIpc) is 2.67. The largest absolute Gasteiger partial charge is 0.493 e. The second-order valence-corrected chi connectivity index (χ2v) is 7.56. The van der Waals surface area contributed by atoms with Crippen molar-refractivity contribution >= 4 is 0 Å². The van der Waals surface area contributed by atoms with E-state index in [1.165, 1.54) is 36.8 Å². The van der Waals surface area contributed by atoms with Crippen molar-refractivity contribution in [2.45, 2.75) is 51.4 Å². The highest BCUT2D eigenvalue weighted by Crippen LogP contribution is 2.40. The molecule has 2 nitrogen and oxygen atoms in total. The third-order valence-corrected chi connectivity index (χ3v) is 5.17. The Balaban J connectivity index is 1.55. The molecule has 2 aromatic rings. The van der Waals surface area contributed by atoms with Gasteiger partial charge < -0.3 is 4.74 Å². The Morgan fingerprint density at radius 1 is 0.880 bits per heavy atom. The molecular weight excluding hydrogens is 306 g/mol. The molecule has 1 aliphatic carbocycles. The first-order valence-electron chi connectivity index (χ1n) is 9.38. The molecule has 25 heavy (non-hydrogen) atoms. The fourth-order valence-electron chi connectivity index (χ4n) is 3.69. The van der Waals surface area contributed by atoms with Crippen LogP contribution in [-0.2, 0) is 0 Å². The van der Waals surface area contributed by atoms with Crippen LogP contribution >= 0.6 is 0 Å². The van der Waals surface area contributed by atoms with Gasteiger partial charge in [0.2, 0.25) is 0 Å². The van der Waals surface area contributed by atoms with Crippen LogP contribution in [-0.4, -0.2) is 6.61 Å². The molecule has 0 bridgehead atoms. The minimum Gasteiger partial charge on any atom is -0.493 e. The number of rotatable bonds is 5. The van der Waals surface area contributed by atoms with Crippen molar-refractivity contribution in [2.24, 2.45) is 5.92 Å². The summed E-state index contributed by atoms with van der Waals surface area (Å²) in [6, 6.07) is 19.0. The van der Waals surface area contributed by atoms with E-state index in [0.29, 0.717) is 17.8 Å². The summed E-state index contributed by atoms with van der Waals surface area (Å²) in [5.41, 5.74) is 3.57. The van der Waals surface area contributed by atoms with Crippen molar-refractivity contribution in [1.29, 1.82) is 5.26 Å². The Morgan fingerprint density at radius 3 is 1.80 bits per heavy atom. The lowest BCUT2D eigenvalue weighted by Crippen LogP contribution is -2.12. The molecule has 0 aliphatic heterocycles. The molecule has 2 aromatic carbocycles. The zero-order valence-electron chi connectivity index (χ0n) is 15.2. The Morgan fingerprint density at radius 2 is 1.36 bits per heavy atom. The molecule has 0 heterocycles. The summed E-state index contributed by atoms with van der Waals surface area (Å²) in [6.07, 6.45) is 4.91. The molecule has 0 radical (unpaired) electrons. The molecule has 2 heteroatoms. The lowest BCUT2D eigenvalue weighted by atomic mass is 9.76. The fraction of sp³-hybridized carbons (Fsp3) is 0.435. The van der Waals surface area contributed by atoms with Crippen molar-refractivity contribution in [3.8, 4) is 11.8 Å². The van der Waals surface area contributed by atoms with Gasteiger partial charge in [-0.3, -0.25) is 0 Å². The molecule has 1 saturated carbocycles. The summed E-state index contributed by atoms with van der Waals surface area (Å²) < 4.78 is 5.78. The van der Waals surface area contributed by atoms with Crippen LogP contribution in [0.1, 0.15) is 68.1 Å². The average molecular weight is 333 g/mol. The zero-order valence-corrected chi connectivity index (χ0v) is 15.2. The number of benzene rings is 2. The predicted molar refractivity (Wildman–Crippen MR) is 102 cm³/mol. The molecule has 0 spiro atoms. The Labute approximate surface area is 151 Å². The molecule has 0 aromatic heterocycles. The molecule has 0 saturated heterocycles. The van der Waals surface area contributed by atoms with E-state index in [1.807, 2.05) is 12.1 Å². The lowest BCUT2D eigenvalue weighted by Gasteiger charge is -2.29. The summed E-state index contributed by atoms with van der Waals surface area (Å²) in [6.45, 7) is 5.11. The number of hydrogen-bond acceptors (Lipinski definition) is 2. The summed E-state index contributed by atoms with van der Waals surface area (Å²) in [7, 11) is 0. The van der Waals surface area contributed by atoms with Gasteiger partial charge in [-0.05, 0) is 78.8 Å². The van der Waals surface area contributed by atoms with Crippen LogP contribution in [0.25, 0.3) is 0 Å². The first-order chi connectivity index (χ1) is 12.2. The van der Waals surface area contributed by atoms with Gasteiger partial charge in [0.1, 0.15) is 5.75 Å². The summed E-state index contributed by atoms with van der Waals surface area (Å²) >= 11 is 0. The van der Waals surface area contributed by atoms with Crippen molar-refractivity contribution in [3.05, 3.63) is 65.2 Å². The van der Waals surface area contributed by atoms with Crippen molar-refractivity contribution in [2.75, 3.05) is 6.61 Å². The van der Waals surface area contributed by atoms with E-state index in [0.717, 1.165) is 17.9 Å². The second-order valence-electron chi connectivity index (χ2n) is 7.56. The molecule has 0 amide bonds. The third-order valence-electron chi connectivity index (χ3n) is 5.17. The monoisotopic (exact) mass is 333 g/mol. The van der Waals surface area contributed by atoms with Crippen LogP contribution in [0.4, 0.5) is 0 Å². The molecule has 1 aliphatic rings. The van der Waals surface area contributed by atoms with Crippen LogP contribution in [0.5, 0.6) is 5.75 Å². The molecule has 0 atom stereocenters. The number of hydrogen-bond donors (Lipinski definition) is 0. The maximum atomic E-state index is 8.92. The third kappa shape index (κ3) is 4.63. The van der Waals surface area contributed by atoms with Crippen LogP contribution in [0.3, 0.4) is 0 Å². The SMILES string of the molecule is CC(C)COc1ccc([C@H]2CC[C@H](c3ccc(C#N)cc3)CC2)cc1. The first kappa shape index (κ1) is 17.5. The highest BCUT2D eigenvalue weighted by Gasteiger charge is 2.23. The normalized spacial score (nSPS) is 20.2. The van der Waals surface area contributed by atoms with E-state index in [2.05, 4.69) is 56.3 Å². The van der Waals surface area contributed by atoms with Gasteiger partial charge in [-0.2, -0.15) is 5.26 Å². The topological polar surface area (TPSA) is 33.0 Å². The molecule has 3 rings (SSSR count). The predicted octanol–water partition coefficient (Wildman–Crippen LogP) is 6.03. The van der Waals surface area contributed by atoms with Crippen LogP contribution < -0.4 is 4.74 Å². The fourth-order valence-corrected chi connectivity index (χ4v) is 3.69. The van der Waals surface area contributed by atoms with E-state index >= 15 is 0 Å². The standard InChI is InChI=1S/C23H27NO/c1-17(2)16-25-23-13-11-22(12-14-23)21-9-7-20(8-10-21)19-5-3-18(15-24)4-6-19/h3-6,11-14,17,20-21H,7-10,16H2,1-2H3/t20-,21-. The molecule has 130 valence electrons. The Kier molecular flexibility index (Phi) is 5.76. The van der Waals surface area contributed by atoms with Gasteiger partial charge in [0.05, 0.1) is 18.2 Å². The highest BCUT2D eigenvalue weighted by molar-refractivity contribution is 5.34. The van der Waals surface area contributed by atoms with Gasteiger partial charge in [0, 0.05) is 0 Å². The van der Waals surface area contributed by atoms with E-state index in [9.17, 15) is 0 Å². The van der Waals surface area contributed by atoms with Crippen molar-refractivity contribution < 1.29 is 4.74 Å². The van der Waals surface area contributed by atoms with E-state index < -0.39 is 0 Å². The Hall–Kier alpha value is -2.27. The smallest absolute Gasteiger partial charge is 0.119 e. The first-order valence-corrected chi connectivity index (χ1v) is 9.38. The van der Waals surface area contributed by atoms with Crippen LogP contribution in [0.15, 0.2) is 48.5 Å². The molecular formula is C23H27NO. The van der Waals surface area contributed by atoms with Gasteiger partial charge in [0.25, 0.3) is 0 Å². The molecule has 1 fully saturated rings. The quantitative estimate of drug-likeness (QED) is 0.669. The summed E-state index contributed by atoms with van der Waals surface area (Å²) in [5.74, 6) is 2.83. The van der Waals surface area contributed by atoms with E-state index in [1.54, 1.807) is 0 Å². The van der Waals surface area contributed by atoms with Gasteiger partial charge >= 0.3 is 0 Å². The lowest BCUT2D eigenvalue weighted by molar-refractivity contribution is 0.271. The minimum absolute atomic E-state index is 0.553. The Bertz CT molecular complexity index is 701. The summed E-state index contributed by atoms with van der Waals surface area (Å²) in [4.78, 5) is 0. The number of nitriles is 1. The van der Waals surface area contributed by atoms with Crippen LogP contribution in [0, 0.1) is 17.2 Å². The molecule has 0 unspecified atom stereocenters. The second kappa shape index (κ2) is 8.21. The van der Waals surface area contributed by atoms with Gasteiger partial charge in [-0.1, -0.05) is 38.1 Å². The van der Waals surface area contributed by atoms with Crippen molar-refractivity contribution in [3.63, 3.8) is 0 Å². The maximum absolute atomic E-state index is 8.92. The minimum atomic E-state index is 0.553. The highest BCUT2D eigenvalue weighted by atomic mass is 16.5. The summed E-state index contributed by atoms with van der Waals surface area (Å²) in [5, 5.41) is 8.92. The number of ether oxygens (including phenoxy) is 1. The maximum Gasteiger partial charge on any atom is 0.119 e. The number of nitrogens with zero attached hydrogens (tertiary/aromatic N) is 1. The van der Waals surface area contributed by atoms with Crippen molar-refractivity contribution in [1.82, 2.24) is 0 Å². The van der Waals surface area contributed by atoms with Gasteiger partial charge in [0.15, 0.2) is 0 Å². The van der Waals surface area contributed by atoms with Crippen LogP contribution in [0.2, 0.25) is 0 Å². The van der Waals surface area contributed by atoms with Gasteiger partial charge in [-0.25, -0.2) is 0 Å².